The van der Waals surface area contributed by atoms with E-state index in [2.05, 4.69) is 5.32 Å². The Balaban J connectivity index is 2.88. The average molecular weight is 322 g/mol. The van der Waals surface area contributed by atoms with Crippen molar-refractivity contribution in [2.75, 3.05) is 11.9 Å². The van der Waals surface area contributed by atoms with Gasteiger partial charge in [0.05, 0.1) is 11.5 Å². The van der Waals surface area contributed by atoms with Crippen LogP contribution in [0.25, 0.3) is 0 Å². The van der Waals surface area contributed by atoms with E-state index in [0.717, 1.165) is 9.26 Å². The van der Waals surface area contributed by atoms with Gasteiger partial charge in [-0.1, -0.05) is 0 Å². The topological polar surface area (TPSA) is 75.4 Å². The summed E-state index contributed by atoms with van der Waals surface area (Å²) in [6.07, 6.45) is 0. The summed E-state index contributed by atoms with van der Waals surface area (Å²) in [5.74, 6) is 0. The highest BCUT2D eigenvalue weighted by molar-refractivity contribution is 14.1. The van der Waals surface area contributed by atoms with Crippen molar-refractivity contribution < 1.29 is 10.0 Å². The van der Waals surface area contributed by atoms with E-state index in [-0.39, 0.29) is 18.3 Å². The number of hydrogen-bond acceptors (Lipinski definition) is 4. The van der Waals surface area contributed by atoms with Gasteiger partial charge in [0.25, 0.3) is 5.69 Å². The molecule has 0 saturated carbocycles. The molecule has 0 radical (unpaired) electrons. The molecular weight excluding hydrogens is 311 g/mol. The Bertz CT molecular complexity index is 370. The van der Waals surface area contributed by atoms with Gasteiger partial charge in [0.15, 0.2) is 0 Å². The van der Waals surface area contributed by atoms with E-state index in [1.54, 1.807) is 6.07 Å². The van der Waals surface area contributed by atoms with Crippen molar-refractivity contribution in [2.24, 2.45) is 0 Å². The third kappa shape index (κ3) is 3.31. The maximum absolute atomic E-state index is 10.5. The summed E-state index contributed by atoms with van der Waals surface area (Å²) in [6, 6.07) is 4.51. The highest BCUT2D eigenvalue weighted by Gasteiger charge is 2.09. The van der Waals surface area contributed by atoms with Crippen molar-refractivity contribution in [1.82, 2.24) is 0 Å². The number of halogens is 1. The van der Waals surface area contributed by atoms with Gasteiger partial charge < -0.3 is 10.4 Å². The van der Waals surface area contributed by atoms with Gasteiger partial charge in [0.2, 0.25) is 0 Å². The first-order valence-corrected chi connectivity index (χ1v) is 5.44. The number of nitrogens with zero attached hydrogens (tertiary/aromatic N) is 1. The van der Waals surface area contributed by atoms with Crippen LogP contribution in [0.4, 0.5) is 11.4 Å². The van der Waals surface area contributed by atoms with Gasteiger partial charge >= 0.3 is 0 Å². The van der Waals surface area contributed by atoms with Gasteiger partial charge in [-0.25, -0.2) is 0 Å². The first kappa shape index (κ1) is 12.2. The van der Waals surface area contributed by atoms with Crippen molar-refractivity contribution in [3.63, 3.8) is 0 Å². The molecule has 0 bridgehead atoms. The van der Waals surface area contributed by atoms with Crippen LogP contribution in [0.3, 0.4) is 0 Å². The lowest BCUT2D eigenvalue weighted by Crippen LogP contribution is -2.19. The molecular formula is C9H11IN2O3. The Morgan fingerprint density at radius 3 is 2.80 bits per heavy atom. The predicted octanol–water partition coefficient (Wildman–Crippen LogP) is 1.99. The van der Waals surface area contributed by atoms with Crippen LogP contribution in [0.15, 0.2) is 18.2 Å². The van der Waals surface area contributed by atoms with Gasteiger partial charge in [0, 0.05) is 27.4 Å². The van der Waals surface area contributed by atoms with E-state index in [9.17, 15) is 10.1 Å². The van der Waals surface area contributed by atoms with Gasteiger partial charge in [-0.15, -0.1) is 0 Å². The summed E-state index contributed by atoms with van der Waals surface area (Å²) in [7, 11) is 0. The Morgan fingerprint density at radius 2 is 2.33 bits per heavy atom. The number of nitrogens with one attached hydrogen (secondary N) is 1. The van der Waals surface area contributed by atoms with E-state index in [0.29, 0.717) is 0 Å². The second-order valence-corrected chi connectivity index (χ2v) is 4.31. The number of nitro groups is 1. The van der Waals surface area contributed by atoms with Gasteiger partial charge in [-0.3, -0.25) is 10.1 Å². The van der Waals surface area contributed by atoms with E-state index in [1.165, 1.54) is 12.1 Å². The molecule has 0 aliphatic heterocycles. The molecule has 0 heterocycles. The molecule has 0 aromatic heterocycles. The SMILES string of the molecule is CC(CO)Nc1ccc([N+](=O)[O-])cc1I. The number of benzene rings is 1. The van der Waals surface area contributed by atoms with Crippen molar-refractivity contribution in [2.45, 2.75) is 13.0 Å². The molecule has 2 N–H and O–H groups in total. The fourth-order valence-electron chi connectivity index (χ4n) is 1.05. The fraction of sp³-hybridized carbons (Fsp3) is 0.333. The quantitative estimate of drug-likeness (QED) is 0.505. The monoisotopic (exact) mass is 322 g/mol. The van der Waals surface area contributed by atoms with Crippen molar-refractivity contribution in [3.05, 3.63) is 31.9 Å². The van der Waals surface area contributed by atoms with Crippen molar-refractivity contribution in [1.29, 1.82) is 0 Å². The fourth-order valence-corrected chi connectivity index (χ4v) is 1.70. The van der Waals surface area contributed by atoms with E-state index < -0.39 is 4.92 Å². The van der Waals surface area contributed by atoms with Crippen molar-refractivity contribution >= 4 is 34.0 Å². The Kier molecular flexibility index (Phi) is 4.28. The third-order valence-corrected chi connectivity index (χ3v) is 2.73. The lowest BCUT2D eigenvalue weighted by molar-refractivity contribution is -0.384. The minimum atomic E-state index is -0.429. The molecule has 1 aromatic rings. The predicted molar refractivity (Wildman–Crippen MR) is 66.0 cm³/mol. The first-order valence-electron chi connectivity index (χ1n) is 4.36. The highest BCUT2D eigenvalue weighted by atomic mass is 127. The van der Waals surface area contributed by atoms with Crippen LogP contribution in [0.5, 0.6) is 0 Å². The zero-order chi connectivity index (χ0) is 11.4. The van der Waals surface area contributed by atoms with Gasteiger partial charge in [-0.05, 0) is 35.6 Å². The minimum Gasteiger partial charge on any atom is -0.394 e. The number of rotatable bonds is 4. The second kappa shape index (κ2) is 5.26. The Hall–Kier alpha value is -0.890. The summed E-state index contributed by atoms with van der Waals surface area (Å²) >= 11 is 2.02. The molecule has 0 fully saturated rings. The lowest BCUT2D eigenvalue weighted by atomic mass is 10.2. The molecule has 1 atom stereocenters. The summed E-state index contributed by atoms with van der Waals surface area (Å²) in [6.45, 7) is 1.85. The van der Waals surface area contributed by atoms with Crippen LogP contribution in [0, 0.1) is 13.7 Å². The Labute approximate surface area is 101 Å². The van der Waals surface area contributed by atoms with Crippen LogP contribution in [-0.4, -0.2) is 22.7 Å². The smallest absolute Gasteiger partial charge is 0.270 e. The number of aliphatic hydroxyl groups is 1. The molecule has 6 heteroatoms. The number of non-ortho nitro benzene ring substituents is 1. The summed E-state index contributed by atoms with van der Waals surface area (Å²) in [5.41, 5.74) is 0.865. The molecule has 82 valence electrons. The maximum atomic E-state index is 10.5. The minimum absolute atomic E-state index is 0.0209. The summed E-state index contributed by atoms with van der Waals surface area (Å²) < 4.78 is 0.766. The molecule has 5 nitrogen and oxygen atoms in total. The van der Waals surface area contributed by atoms with Crippen molar-refractivity contribution in [3.8, 4) is 0 Å². The average Bonchev–Trinajstić information content (AvgIpc) is 2.20. The molecule has 0 amide bonds. The van der Waals surface area contributed by atoms with E-state index >= 15 is 0 Å². The molecule has 0 aliphatic carbocycles. The second-order valence-electron chi connectivity index (χ2n) is 3.15. The zero-order valence-electron chi connectivity index (χ0n) is 8.11. The number of hydrogen-bond donors (Lipinski definition) is 2. The largest absolute Gasteiger partial charge is 0.394 e. The summed E-state index contributed by atoms with van der Waals surface area (Å²) in [5, 5.41) is 22.4. The van der Waals surface area contributed by atoms with Crippen LogP contribution in [0.2, 0.25) is 0 Å². The molecule has 0 saturated heterocycles. The van der Waals surface area contributed by atoms with Gasteiger partial charge in [-0.2, -0.15) is 0 Å². The molecule has 1 rings (SSSR count). The molecule has 0 spiro atoms. The number of aliphatic hydroxyl groups excluding tert-OH is 1. The van der Waals surface area contributed by atoms with E-state index in [4.69, 9.17) is 5.11 Å². The number of anilines is 1. The van der Waals surface area contributed by atoms with Crippen LogP contribution < -0.4 is 5.32 Å². The highest BCUT2D eigenvalue weighted by Crippen LogP contribution is 2.23. The summed E-state index contributed by atoms with van der Waals surface area (Å²) in [4.78, 5) is 10.1. The number of nitro benzene ring substituents is 1. The van der Waals surface area contributed by atoms with Crippen LogP contribution >= 0.6 is 22.6 Å². The lowest BCUT2D eigenvalue weighted by Gasteiger charge is -2.13. The maximum Gasteiger partial charge on any atom is 0.270 e. The first-order chi connectivity index (χ1) is 7.04. The standard InChI is InChI=1S/C9H11IN2O3/c1-6(5-13)11-9-3-2-7(12(14)15)4-8(9)10/h2-4,6,11,13H,5H2,1H3. The Morgan fingerprint density at radius 1 is 1.67 bits per heavy atom. The van der Waals surface area contributed by atoms with Crippen LogP contribution in [0.1, 0.15) is 6.92 Å². The third-order valence-electron chi connectivity index (χ3n) is 1.84. The normalized spacial score (nSPS) is 12.2. The van der Waals surface area contributed by atoms with Crippen LogP contribution in [-0.2, 0) is 0 Å². The molecule has 15 heavy (non-hydrogen) atoms. The zero-order valence-corrected chi connectivity index (χ0v) is 10.3. The van der Waals surface area contributed by atoms with E-state index in [1.807, 2.05) is 29.5 Å². The molecule has 1 aromatic carbocycles. The molecule has 1 unspecified atom stereocenters. The molecule has 0 aliphatic rings. The van der Waals surface area contributed by atoms with Gasteiger partial charge in [0.1, 0.15) is 0 Å².